The number of nitriles is 1. The lowest BCUT2D eigenvalue weighted by Gasteiger charge is -2.12. The molecule has 0 saturated carbocycles. The van der Waals surface area contributed by atoms with Gasteiger partial charge in [-0.2, -0.15) is 5.26 Å². The van der Waals surface area contributed by atoms with Crippen molar-refractivity contribution in [3.05, 3.63) is 17.5 Å². The third-order valence-corrected chi connectivity index (χ3v) is 3.00. The van der Waals surface area contributed by atoms with Gasteiger partial charge >= 0.3 is 0 Å². The zero-order valence-corrected chi connectivity index (χ0v) is 10.7. The number of nitrogens with one attached hydrogen (secondary N) is 1. The van der Waals surface area contributed by atoms with Crippen LogP contribution in [0.3, 0.4) is 0 Å². The first kappa shape index (κ1) is 13.4. The van der Waals surface area contributed by atoms with E-state index in [0.717, 1.165) is 0 Å². The van der Waals surface area contributed by atoms with E-state index in [9.17, 15) is 8.42 Å². The highest BCUT2D eigenvalue weighted by Crippen LogP contribution is 2.06. The summed E-state index contributed by atoms with van der Waals surface area (Å²) in [6.07, 6.45) is 1.17. The Morgan fingerprint density at radius 3 is 2.71 bits per heavy atom. The zero-order valence-electron chi connectivity index (χ0n) is 9.93. The Labute approximate surface area is 101 Å². The van der Waals surface area contributed by atoms with E-state index < -0.39 is 9.84 Å². The maximum absolute atomic E-state index is 11.1. The average molecular weight is 254 g/mol. The van der Waals surface area contributed by atoms with Crippen molar-refractivity contribution in [3.8, 4) is 6.07 Å². The first-order chi connectivity index (χ1) is 7.80. The summed E-state index contributed by atoms with van der Waals surface area (Å²) in [6, 6.07) is 3.18. The van der Waals surface area contributed by atoms with Crippen molar-refractivity contribution >= 4 is 15.8 Å². The molecule has 0 aliphatic rings. The van der Waals surface area contributed by atoms with Gasteiger partial charge < -0.3 is 5.32 Å². The molecule has 6 nitrogen and oxygen atoms in total. The molecule has 0 amide bonds. The first-order valence-electron chi connectivity index (χ1n) is 5.00. The van der Waals surface area contributed by atoms with Gasteiger partial charge in [-0.3, -0.25) is 0 Å². The van der Waals surface area contributed by atoms with Gasteiger partial charge in [0.15, 0.2) is 0 Å². The Morgan fingerprint density at radius 2 is 2.18 bits per heavy atom. The number of anilines is 1. The van der Waals surface area contributed by atoms with E-state index in [1.807, 2.05) is 6.07 Å². The fourth-order valence-electron chi connectivity index (χ4n) is 1.41. The first-order valence-corrected chi connectivity index (χ1v) is 7.06. The van der Waals surface area contributed by atoms with Crippen molar-refractivity contribution in [2.45, 2.75) is 19.9 Å². The van der Waals surface area contributed by atoms with Crippen LogP contribution in [0.1, 0.15) is 18.3 Å². The van der Waals surface area contributed by atoms with Crippen LogP contribution in [0.5, 0.6) is 0 Å². The highest BCUT2D eigenvalue weighted by molar-refractivity contribution is 7.90. The van der Waals surface area contributed by atoms with Gasteiger partial charge in [0, 0.05) is 18.0 Å². The molecule has 0 aliphatic carbocycles. The summed E-state index contributed by atoms with van der Waals surface area (Å²) >= 11 is 0. The normalized spacial score (nSPS) is 12.8. The van der Waals surface area contributed by atoms with Crippen molar-refractivity contribution in [1.82, 2.24) is 9.97 Å². The average Bonchev–Trinajstić information content (AvgIpc) is 2.13. The van der Waals surface area contributed by atoms with Crippen molar-refractivity contribution in [2.75, 3.05) is 17.3 Å². The van der Waals surface area contributed by atoms with Crippen LogP contribution < -0.4 is 5.32 Å². The summed E-state index contributed by atoms with van der Waals surface area (Å²) in [7, 11) is -3.05. The molecule has 1 N–H and O–H groups in total. The van der Waals surface area contributed by atoms with E-state index in [1.54, 1.807) is 19.9 Å². The van der Waals surface area contributed by atoms with Crippen LogP contribution in [-0.2, 0) is 9.84 Å². The summed E-state index contributed by atoms with van der Waals surface area (Å²) in [5.74, 6) is 0.268. The van der Waals surface area contributed by atoms with Crippen LogP contribution in [0.2, 0.25) is 0 Å². The number of nitrogens with zero attached hydrogens (tertiary/aromatic N) is 3. The van der Waals surface area contributed by atoms with Gasteiger partial charge in [0.25, 0.3) is 0 Å². The SMILES string of the molecule is Cc1cc(C#N)nc(NC(C)CS(C)(=O)=O)n1. The molecule has 0 aliphatic heterocycles. The number of sulfone groups is 1. The quantitative estimate of drug-likeness (QED) is 0.840. The summed E-state index contributed by atoms with van der Waals surface area (Å²) in [5.41, 5.74) is 0.914. The Bertz CT molecular complexity index is 548. The van der Waals surface area contributed by atoms with Crippen LogP contribution in [0.4, 0.5) is 5.95 Å². The molecular weight excluding hydrogens is 240 g/mol. The molecular formula is C10H14N4O2S. The summed E-state index contributed by atoms with van der Waals surface area (Å²) < 4.78 is 22.2. The number of rotatable bonds is 4. The topological polar surface area (TPSA) is 95.7 Å². The Hall–Kier alpha value is -1.68. The van der Waals surface area contributed by atoms with Crippen LogP contribution in [-0.4, -0.2) is 36.4 Å². The molecule has 0 saturated heterocycles. The van der Waals surface area contributed by atoms with E-state index in [-0.39, 0.29) is 23.4 Å². The number of hydrogen-bond acceptors (Lipinski definition) is 6. The molecule has 1 unspecified atom stereocenters. The predicted octanol–water partition coefficient (Wildman–Crippen LogP) is 0.502. The van der Waals surface area contributed by atoms with E-state index in [2.05, 4.69) is 15.3 Å². The molecule has 0 aromatic carbocycles. The number of aromatic nitrogens is 2. The van der Waals surface area contributed by atoms with Crippen LogP contribution in [0.15, 0.2) is 6.07 Å². The lowest BCUT2D eigenvalue weighted by Crippen LogP contribution is -2.26. The highest BCUT2D eigenvalue weighted by Gasteiger charge is 2.12. The molecule has 0 spiro atoms. The Balaban J connectivity index is 2.82. The van der Waals surface area contributed by atoms with Crippen molar-refractivity contribution in [2.24, 2.45) is 0 Å². The van der Waals surface area contributed by atoms with E-state index in [1.165, 1.54) is 6.26 Å². The fraction of sp³-hybridized carbons (Fsp3) is 0.500. The second-order valence-electron chi connectivity index (χ2n) is 3.97. The van der Waals surface area contributed by atoms with Crippen LogP contribution in [0, 0.1) is 18.3 Å². The maximum Gasteiger partial charge on any atom is 0.224 e. The molecule has 0 radical (unpaired) electrons. The van der Waals surface area contributed by atoms with Crippen LogP contribution >= 0.6 is 0 Å². The smallest absolute Gasteiger partial charge is 0.224 e. The summed E-state index contributed by atoms with van der Waals surface area (Å²) in [6.45, 7) is 3.47. The molecule has 1 aromatic heterocycles. The van der Waals surface area contributed by atoms with Crippen molar-refractivity contribution < 1.29 is 8.42 Å². The lowest BCUT2D eigenvalue weighted by molar-refractivity contribution is 0.597. The van der Waals surface area contributed by atoms with Crippen molar-refractivity contribution in [1.29, 1.82) is 5.26 Å². The van der Waals surface area contributed by atoms with Crippen LogP contribution in [0.25, 0.3) is 0 Å². The van der Waals surface area contributed by atoms with Gasteiger partial charge in [0.05, 0.1) is 5.75 Å². The molecule has 1 heterocycles. The minimum atomic E-state index is -3.05. The number of aryl methyl sites for hydroxylation is 1. The molecule has 1 atom stereocenters. The maximum atomic E-state index is 11.1. The minimum Gasteiger partial charge on any atom is -0.351 e. The second-order valence-corrected chi connectivity index (χ2v) is 6.15. The molecule has 1 rings (SSSR count). The zero-order chi connectivity index (χ0) is 13.1. The Kier molecular flexibility index (Phi) is 4.02. The molecule has 0 bridgehead atoms. The Morgan fingerprint density at radius 1 is 1.53 bits per heavy atom. The monoisotopic (exact) mass is 254 g/mol. The molecule has 17 heavy (non-hydrogen) atoms. The van der Waals surface area contributed by atoms with Gasteiger partial charge in [-0.1, -0.05) is 0 Å². The van der Waals surface area contributed by atoms with E-state index in [0.29, 0.717) is 5.69 Å². The van der Waals surface area contributed by atoms with E-state index >= 15 is 0 Å². The van der Waals surface area contributed by atoms with Gasteiger partial charge in [-0.15, -0.1) is 0 Å². The highest BCUT2D eigenvalue weighted by atomic mass is 32.2. The van der Waals surface area contributed by atoms with Gasteiger partial charge in [-0.25, -0.2) is 18.4 Å². The molecule has 1 aromatic rings. The lowest BCUT2D eigenvalue weighted by atomic mass is 10.3. The second kappa shape index (κ2) is 5.10. The fourth-order valence-corrected chi connectivity index (χ4v) is 2.40. The predicted molar refractivity (Wildman–Crippen MR) is 64.3 cm³/mol. The standard InChI is InChI=1S/C10H14N4O2S/c1-7-4-9(5-11)14-10(12-7)13-8(2)6-17(3,15)16/h4,8H,6H2,1-3H3,(H,12,13,14). The van der Waals surface area contributed by atoms with Gasteiger partial charge in [0.2, 0.25) is 5.95 Å². The van der Waals surface area contributed by atoms with Gasteiger partial charge in [0.1, 0.15) is 21.6 Å². The third kappa shape index (κ3) is 4.78. The molecule has 92 valence electrons. The summed E-state index contributed by atoms with van der Waals surface area (Å²) in [4.78, 5) is 8.03. The third-order valence-electron chi connectivity index (χ3n) is 1.90. The van der Waals surface area contributed by atoms with E-state index in [4.69, 9.17) is 5.26 Å². The molecule has 7 heteroatoms. The summed E-state index contributed by atoms with van der Waals surface area (Å²) in [5, 5.41) is 11.6. The van der Waals surface area contributed by atoms with Crippen molar-refractivity contribution in [3.63, 3.8) is 0 Å². The molecule has 0 fully saturated rings. The minimum absolute atomic E-state index is 0.00775. The largest absolute Gasteiger partial charge is 0.351 e. The van der Waals surface area contributed by atoms with Gasteiger partial charge in [-0.05, 0) is 19.9 Å². The number of hydrogen-bond donors (Lipinski definition) is 1.